The van der Waals surface area contributed by atoms with E-state index in [9.17, 15) is 0 Å². The molecule has 0 aliphatic carbocycles. The minimum Gasteiger partial charge on any atom is -0.484 e. The van der Waals surface area contributed by atoms with E-state index in [0.717, 1.165) is 11.3 Å². The van der Waals surface area contributed by atoms with Gasteiger partial charge in [-0.2, -0.15) is 4.98 Å². The molecule has 0 saturated carbocycles. The average Bonchev–Trinajstić information content (AvgIpc) is 2.80. The van der Waals surface area contributed by atoms with Gasteiger partial charge in [0.25, 0.3) is 5.89 Å². The van der Waals surface area contributed by atoms with E-state index in [1.165, 1.54) is 6.33 Å². The molecule has 5 nitrogen and oxygen atoms in total. The third-order valence-corrected chi connectivity index (χ3v) is 1.93. The van der Waals surface area contributed by atoms with Crippen molar-refractivity contribution in [3.63, 3.8) is 0 Å². The van der Waals surface area contributed by atoms with Gasteiger partial charge in [0.15, 0.2) is 12.9 Å². The molecule has 0 saturated heterocycles. The van der Waals surface area contributed by atoms with E-state index in [4.69, 9.17) is 15.0 Å². The molecule has 0 aliphatic rings. The zero-order chi connectivity index (χ0) is 10.5. The van der Waals surface area contributed by atoms with E-state index in [1.54, 1.807) is 0 Å². The molecule has 0 radical (unpaired) electrons. The van der Waals surface area contributed by atoms with Gasteiger partial charge in [0.05, 0.1) is 0 Å². The van der Waals surface area contributed by atoms with Crippen LogP contribution in [-0.4, -0.2) is 10.1 Å². The Morgan fingerprint density at radius 2 is 2.07 bits per heavy atom. The number of hydrogen-bond acceptors (Lipinski definition) is 5. The smallest absolute Gasteiger partial charge is 0.264 e. The first kappa shape index (κ1) is 9.67. The molecule has 2 N–H and O–H groups in total. The van der Waals surface area contributed by atoms with Gasteiger partial charge in [-0.25, -0.2) is 0 Å². The van der Waals surface area contributed by atoms with Crippen LogP contribution in [0.3, 0.4) is 0 Å². The first-order valence-corrected chi connectivity index (χ1v) is 4.56. The molecule has 0 spiro atoms. The number of rotatable bonds is 4. The van der Waals surface area contributed by atoms with E-state index < -0.39 is 0 Å². The van der Waals surface area contributed by atoms with Crippen molar-refractivity contribution in [3.05, 3.63) is 42.0 Å². The first-order valence-electron chi connectivity index (χ1n) is 4.56. The third kappa shape index (κ3) is 2.54. The van der Waals surface area contributed by atoms with Crippen LogP contribution in [0.2, 0.25) is 0 Å². The molecule has 2 rings (SSSR count). The van der Waals surface area contributed by atoms with Gasteiger partial charge in [-0.05, 0) is 17.7 Å². The SMILES string of the molecule is NCc1ccc(OCc2ncno2)cc1. The molecule has 78 valence electrons. The van der Waals surface area contributed by atoms with Crippen LogP contribution in [0.1, 0.15) is 11.5 Å². The number of nitrogens with two attached hydrogens (primary N) is 1. The normalized spacial score (nSPS) is 10.2. The Labute approximate surface area is 86.9 Å². The molecule has 0 atom stereocenters. The van der Waals surface area contributed by atoms with Crippen LogP contribution in [-0.2, 0) is 13.2 Å². The van der Waals surface area contributed by atoms with Crippen molar-refractivity contribution in [2.45, 2.75) is 13.2 Å². The van der Waals surface area contributed by atoms with Crippen molar-refractivity contribution in [2.24, 2.45) is 5.73 Å². The second-order valence-corrected chi connectivity index (χ2v) is 2.97. The van der Waals surface area contributed by atoms with E-state index >= 15 is 0 Å². The van der Waals surface area contributed by atoms with Crippen molar-refractivity contribution in [3.8, 4) is 5.75 Å². The minimum atomic E-state index is 0.280. The largest absolute Gasteiger partial charge is 0.484 e. The summed E-state index contributed by atoms with van der Waals surface area (Å²) in [5, 5.41) is 3.48. The monoisotopic (exact) mass is 205 g/mol. The summed E-state index contributed by atoms with van der Waals surface area (Å²) in [5.74, 6) is 1.21. The summed E-state index contributed by atoms with van der Waals surface area (Å²) in [6, 6.07) is 7.56. The highest BCUT2D eigenvalue weighted by molar-refractivity contribution is 5.27. The van der Waals surface area contributed by atoms with Crippen molar-refractivity contribution >= 4 is 0 Å². The lowest BCUT2D eigenvalue weighted by molar-refractivity contribution is 0.243. The van der Waals surface area contributed by atoms with Crippen LogP contribution in [0.15, 0.2) is 35.1 Å². The summed E-state index contributed by atoms with van der Waals surface area (Å²) < 4.78 is 10.2. The number of ether oxygens (including phenoxy) is 1. The van der Waals surface area contributed by atoms with Crippen molar-refractivity contribution in [1.29, 1.82) is 0 Å². The fourth-order valence-corrected chi connectivity index (χ4v) is 1.13. The number of hydrogen-bond donors (Lipinski definition) is 1. The highest BCUT2D eigenvalue weighted by Gasteiger charge is 2.00. The summed E-state index contributed by atoms with van der Waals surface area (Å²) in [4.78, 5) is 3.84. The average molecular weight is 205 g/mol. The topological polar surface area (TPSA) is 74.2 Å². The maximum atomic E-state index is 5.48. The molecule has 5 heteroatoms. The molecule has 1 aromatic heterocycles. The Balaban J connectivity index is 1.93. The molecule has 0 aliphatic heterocycles. The second kappa shape index (κ2) is 4.56. The molecule has 0 amide bonds. The molecule has 2 aromatic rings. The Kier molecular flexibility index (Phi) is 2.94. The van der Waals surface area contributed by atoms with Gasteiger partial charge in [-0.3, -0.25) is 0 Å². The quantitative estimate of drug-likeness (QED) is 0.809. The van der Waals surface area contributed by atoms with Crippen LogP contribution < -0.4 is 10.5 Å². The molecular weight excluding hydrogens is 194 g/mol. The summed E-state index contributed by atoms with van der Waals surface area (Å²) >= 11 is 0. The van der Waals surface area contributed by atoms with Gasteiger partial charge in [0.1, 0.15) is 5.75 Å². The predicted molar refractivity (Wildman–Crippen MR) is 53.0 cm³/mol. The fraction of sp³-hybridized carbons (Fsp3) is 0.200. The van der Waals surface area contributed by atoms with E-state index in [0.29, 0.717) is 12.4 Å². The highest BCUT2D eigenvalue weighted by Crippen LogP contribution is 2.13. The maximum Gasteiger partial charge on any atom is 0.264 e. The van der Waals surface area contributed by atoms with Crippen LogP contribution in [0, 0.1) is 0 Å². The standard InChI is InChI=1S/C10H11N3O2/c11-5-8-1-3-9(4-2-8)14-6-10-12-7-13-15-10/h1-4,7H,5-6,11H2. The fourth-order valence-electron chi connectivity index (χ4n) is 1.13. The summed E-state index contributed by atoms with van der Waals surface area (Å²) in [5.41, 5.74) is 6.55. The Hall–Kier alpha value is -1.88. The first-order chi connectivity index (χ1) is 7.38. The van der Waals surface area contributed by atoms with Crippen LogP contribution >= 0.6 is 0 Å². The van der Waals surface area contributed by atoms with Gasteiger partial charge < -0.3 is 15.0 Å². The van der Waals surface area contributed by atoms with Gasteiger partial charge >= 0.3 is 0 Å². The maximum absolute atomic E-state index is 5.48. The highest BCUT2D eigenvalue weighted by atomic mass is 16.5. The van der Waals surface area contributed by atoms with Crippen LogP contribution in [0.5, 0.6) is 5.75 Å². The second-order valence-electron chi connectivity index (χ2n) is 2.97. The molecule has 1 heterocycles. The molecule has 0 bridgehead atoms. The Bertz CT molecular complexity index is 397. The van der Waals surface area contributed by atoms with Gasteiger partial charge in [-0.15, -0.1) is 0 Å². The predicted octanol–water partition coefficient (Wildman–Crippen LogP) is 1.11. The zero-order valence-corrected chi connectivity index (χ0v) is 8.09. The van der Waals surface area contributed by atoms with Crippen molar-refractivity contribution < 1.29 is 9.26 Å². The van der Waals surface area contributed by atoms with Gasteiger partial charge in [-0.1, -0.05) is 17.3 Å². The van der Waals surface area contributed by atoms with Gasteiger partial charge in [0.2, 0.25) is 0 Å². The van der Waals surface area contributed by atoms with Crippen molar-refractivity contribution in [1.82, 2.24) is 10.1 Å². The van der Waals surface area contributed by atoms with Gasteiger partial charge in [0, 0.05) is 6.54 Å². The number of aromatic nitrogens is 2. The summed E-state index contributed by atoms with van der Waals surface area (Å²) in [7, 11) is 0. The Morgan fingerprint density at radius 3 is 2.67 bits per heavy atom. The van der Waals surface area contributed by atoms with Crippen LogP contribution in [0.25, 0.3) is 0 Å². The molecule has 1 aromatic carbocycles. The van der Waals surface area contributed by atoms with Crippen LogP contribution in [0.4, 0.5) is 0 Å². The lowest BCUT2D eigenvalue weighted by Crippen LogP contribution is -1.97. The molecular formula is C10H11N3O2. The lowest BCUT2D eigenvalue weighted by atomic mass is 10.2. The summed E-state index contributed by atoms with van der Waals surface area (Å²) in [6.45, 7) is 0.811. The molecule has 15 heavy (non-hydrogen) atoms. The van der Waals surface area contributed by atoms with E-state index in [-0.39, 0.29) is 6.61 Å². The van der Waals surface area contributed by atoms with E-state index in [2.05, 4.69) is 10.1 Å². The minimum absolute atomic E-state index is 0.280. The number of nitrogens with zero attached hydrogens (tertiary/aromatic N) is 2. The number of benzene rings is 1. The van der Waals surface area contributed by atoms with E-state index in [1.807, 2.05) is 24.3 Å². The molecule has 0 unspecified atom stereocenters. The molecule has 0 fully saturated rings. The Morgan fingerprint density at radius 1 is 1.27 bits per heavy atom. The lowest BCUT2D eigenvalue weighted by Gasteiger charge is -2.03. The zero-order valence-electron chi connectivity index (χ0n) is 8.09. The third-order valence-electron chi connectivity index (χ3n) is 1.93. The summed E-state index contributed by atoms with van der Waals surface area (Å²) in [6.07, 6.45) is 1.34. The van der Waals surface area contributed by atoms with Crippen molar-refractivity contribution in [2.75, 3.05) is 0 Å².